The predicted molar refractivity (Wildman–Crippen MR) is 111 cm³/mol. The monoisotopic (exact) mass is 480 g/mol. The van der Waals surface area contributed by atoms with Gasteiger partial charge in [0.15, 0.2) is 23.1 Å². The number of carbonyl (C=O) groups is 2. The summed E-state index contributed by atoms with van der Waals surface area (Å²) < 4.78 is 5.14. The SMILES string of the molecule is C=CC1=CC[C@@]2(Cl)C(=O)C(Cl)=C(Cl)C(=O)[C@@]2(Cl)[C@H]1c1cc(Cl)c(O)c(OC)c1. The van der Waals surface area contributed by atoms with Gasteiger partial charge in [-0.25, -0.2) is 0 Å². The highest BCUT2D eigenvalue weighted by molar-refractivity contribution is 6.66. The molecule has 0 radical (unpaired) electrons. The van der Waals surface area contributed by atoms with Gasteiger partial charge in [-0.3, -0.25) is 9.59 Å². The van der Waals surface area contributed by atoms with Crippen LogP contribution >= 0.6 is 58.0 Å². The molecule has 2 aliphatic carbocycles. The molecule has 0 saturated heterocycles. The fraction of sp³-hybridized carbons (Fsp3) is 0.263. The topological polar surface area (TPSA) is 63.6 Å². The van der Waals surface area contributed by atoms with E-state index in [1.54, 1.807) is 6.08 Å². The van der Waals surface area contributed by atoms with Gasteiger partial charge in [0.25, 0.3) is 0 Å². The van der Waals surface area contributed by atoms with Crippen LogP contribution in [0.15, 0.2) is 46.5 Å². The number of rotatable bonds is 3. The van der Waals surface area contributed by atoms with Crippen LogP contribution in [0.5, 0.6) is 11.5 Å². The van der Waals surface area contributed by atoms with E-state index in [-0.39, 0.29) is 22.9 Å². The second kappa shape index (κ2) is 7.26. The molecular weight excluding hydrogens is 469 g/mol. The largest absolute Gasteiger partial charge is 0.503 e. The fourth-order valence-corrected chi connectivity index (χ4v) is 5.30. The molecule has 148 valence electrons. The van der Waals surface area contributed by atoms with E-state index in [0.29, 0.717) is 11.1 Å². The lowest BCUT2D eigenvalue weighted by Gasteiger charge is -2.50. The van der Waals surface area contributed by atoms with Crippen molar-refractivity contribution >= 4 is 69.6 Å². The van der Waals surface area contributed by atoms with Gasteiger partial charge in [-0.1, -0.05) is 53.5 Å². The van der Waals surface area contributed by atoms with Crippen molar-refractivity contribution in [2.45, 2.75) is 22.1 Å². The molecule has 0 fully saturated rings. The van der Waals surface area contributed by atoms with Gasteiger partial charge in [-0.05, 0) is 29.7 Å². The van der Waals surface area contributed by atoms with Crippen molar-refractivity contribution in [3.8, 4) is 11.5 Å². The molecule has 0 aliphatic heterocycles. The van der Waals surface area contributed by atoms with E-state index in [9.17, 15) is 14.7 Å². The maximum Gasteiger partial charge on any atom is 0.199 e. The third-order valence-electron chi connectivity index (χ3n) is 5.05. The minimum absolute atomic E-state index is 0.0296. The van der Waals surface area contributed by atoms with Crippen LogP contribution in [0.3, 0.4) is 0 Å². The smallest absolute Gasteiger partial charge is 0.199 e. The number of phenols is 1. The third-order valence-corrected chi connectivity index (χ3v) is 7.59. The van der Waals surface area contributed by atoms with Gasteiger partial charge in [0.1, 0.15) is 19.8 Å². The van der Waals surface area contributed by atoms with Crippen molar-refractivity contribution in [3.05, 3.63) is 57.1 Å². The van der Waals surface area contributed by atoms with E-state index in [2.05, 4.69) is 6.58 Å². The maximum atomic E-state index is 13.2. The zero-order valence-electron chi connectivity index (χ0n) is 14.4. The summed E-state index contributed by atoms with van der Waals surface area (Å²) in [7, 11) is 1.34. The molecule has 0 aromatic heterocycles. The Morgan fingerprint density at radius 3 is 2.36 bits per heavy atom. The Bertz CT molecular complexity index is 983. The number of phenolic OH excluding ortho intramolecular Hbond substituents is 1. The first-order valence-corrected chi connectivity index (χ1v) is 9.85. The van der Waals surface area contributed by atoms with E-state index in [4.69, 9.17) is 62.7 Å². The number of methoxy groups -OCH3 is 1. The third kappa shape index (κ3) is 2.73. The van der Waals surface area contributed by atoms with Gasteiger partial charge in [0.2, 0.25) is 0 Å². The van der Waals surface area contributed by atoms with Crippen LogP contribution in [0.25, 0.3) is 0 Å². The number of halogens is 5. The molecule has 0 saturated carbocycles. The molecule has 0 bridgehead atoms. The van der Waals surface area contributed by atoms with Crippen molar-refractivity contribution in [2.24, 2.45) is 0 Å². The van der Waals surface area contributed by atoms with Crippen LogP contribution in [-0.2, 0) is 9.59 Å². The predicted octanol–water partition coefficient (Wildman–Crippen LogP) is 5.45. The van der Waals surface area contributed by atoms with E-state index < -0.39 is 37.3 Å². The quantitative estimate of drug-likeness (QED) is 0.582. The summed E-state index contributed by atoms with van der Waals surface area (Å²) in [5.74, 6) is -2.70. The van der Waals surface area contributed by atoms with Gasteiger partial charge in [-0.2, -0.15) is 0 Å². The van der Waals surface area contributed by atoms with Crippen LogP contribution in [0.4, 0.5) is 0 Å². The molecule has 0 spiro atoms. The summed E-state index contributed by atoms with van der Waals surface area (Å²) in [5.41, 5.74) is 0.924. The minimum Gasteiger partial charge on any atom is -0.503 e. The lowest BCUT2D eigenvalue weighted by molar-refractivity contribution is -0.127. The van der Waals surface area contributed by atoms with E-state index in [1.807, 2.05) is 0 Å². The summed E-state index contributed by atoms with van der Waals surface area (Å²) >= 11 is 31.7. The highest BCUT2D eigenvalue weighted by Crippen LogP contribution is 2.60. The molecule has 28 heavy (non-hydrogen) atoms. The average molecular weight is 483 g/mol. The van der Waals surface area contributed by atoms with Crippen molar-refractivity contribution < 1.29 is 19.4 Å². The minimum atomic E-state index is -2.00. The number of fused-ring (bicyclic) bond motifs is 1. The summed E-state index contributed by atoms with van der Waals surface area (Å²) in [6.45, 7) is 3.76. The van der Waals surface area contributed by atoms with Crippen molar-refractivity contribution in [2.75, 3.05) is 7.11 Å². The number of aromatic hydroxyl groups is 1. The fourth-order valence-electron chi connectivity index (χ4n) is 3.62. The Hall–Kier alpha value is -1.17. The standard InChI is InChI=1S/C19H13Cl5O4/c1-3-8-4-5-18(23)16(26)13(21)14(22)17(27)19(18,24)12(8)9-6-10(20)15(25)11(7-9)28-2/h3-4,6-7,12,25H,1,5H2,2H3/t12-,18-,19+/m1/s1. The first-order chi connectivity index (χ1) is 13.0. The van der Waals surface area contributed by atoms with Crippen LogP contribution in [0.1, 0.15) is 17.9 Å². The second-order valence-electron chi connectivity index (χ2n) is 6.40. The molecule has 0 amide bonds. The highest BCUT2D eigenvalue weighted by Gasteiger charge is 2.68. The number of ketones is 2. The molecule has 0 heterocycles. The summed E-state index contributed by atoms with van der Waals surface area (Å²) in [5, 5.41) is 9.08. The Morgan fingerprint density at radius 1 is 1.18 bits per heavy atom. The Balaban J connectivity index is 2.36. The van der Waals surface area contributed by atoms with E-state index >= 15 is 0 Å². The average Bonchev–Trinajstić information content (AvgIpc) is 2.68. The molecule has 2 aliphatic rings. The normalized spacial score (nSPS) is 30.1. The Labute approximate surface area is 186 Å². The van der Waals surface area contributed by atoms with Crippen LogP contribution in [-0.4, -0.2) is 33.5 Å². The second-order valence-corrected chi connectivity index (χ2v) is 8.80. The van der Waals surface area contributed by atoms with E-state index in [1.165, 1.54) is 25.3 Å². The number of carbonyl (C=O) groups excluding carboxylic acids is 2. The van der Waals surface area contributed by atoms with Gasteiger partial charge >= 0.3 is 0 Å². The van der Waals surface area contributed by atoms with Crippen LogP contribution < -0.4 is 4.74 Å². The van der Waals surface area contributed by atoms with Gasteiger partial charge in [-0.15, -0.1) is 23.2 Å². The molecule has 0 unspecified atom stereocenters. The Morgan fingerprint density at radius 2 is 1.79 bits per heavy atom. The number of hydrogen-bond donors (Lipinski definition) is 1. The van der Waals surface area contributed by atoms with Gasteiger partial charge in [0.05, 0.1) is 12.1 Å². The summed E-state index contributed by atoms with van der Waals surface area (Å²) in [6, 6.07) is 2.88. The zero-order valence-corrected chi connectivity index (χ0v) is 18.1. The molecule has 1 aromatic rings. The molecule has 3 rings (SSSR count). The lowest BCUT2D eigenvalue weighted by Crippen LogP contribution is -2.64. The highest BCUT2D eigenvalue weighted by atomic mass is 35.5. The maximum absolute atomic E-state index is 13.2. The van der Waals surface area contributed by atoms with E-state index in [0.717, 1.165) is 0 Å². The number of allylic oxidation sites excluding steroid dienone is 5. The van der Waals surface area contributed by atoms with Crippen molar-refractivity contribution in [3.63, 3.8) is 0 Å². The number of alkyl halides is 2. The number of hydrogen-bond acceptors (Lipinski definition) is 4. The number of benzene rings is 1. The number of ether oxygens (including phenoxy) is 1. The first kappa shape index (κ1) is 21.5. The zero-order chi connectivity index (χ0) is 21.0. The molecule has 3 atom stereocenters. The summed E-state index contributed by atoms with van der Waals surface area (Å²) in [4.78, 5) is 22.2. The molecular formula is C19H13Cl5O4. The van der Waals surface area contributed by atoms with Crippen molar-refractivity contribution in [1.82, 2.24) is 0 Å². The van der Waals surface area contributed by atoms with Gasteiger partial charge < -0.3 is 9.84 Å². The molecule has 1 aromatic carbocycles. The molecule has 9 heteroatoms. The lowest BCUT2D eigenvalue weighted by atomic mass is 9.62. The Kier molecular flexibility index (Phi) is 5.59. The van der Waals surface area contributed by atoms with Gasteiger partial charge in [0, 0.05) is 5.92 Å². The number of Topliss-reactive ketones (excluding diaryl/α,β-unsaturated/α-hetero) is 2. The van der Waals surface area contributed by atoms with Crippen LogP contribution in [0.2, 0.25) is 5.02 Å². The summed E-state index contributed by atoms with van der Waals surface area (Å²) in [6.07, 6.45) is 3.11. The molecule has 4 nitrogen and oxygen atoms in total. The first-order valence-electron chi connectivity index (χ1n) is 7.96. The molecule has 1 N–H and O–H groups in total. The van der Waals surface area contributed by atoms with Crippen LogP contribution in [0, 0.1) is 0 Å². The van der Waals surface area contributed by atoms with Crippen molar-refractivity contribution in [1.29, 1.82) is 0 Å².